The van der Waals surface area contributed by atoms with Crippen molar-refractivity contribution in [3.8, 4) is 0 Å². The molecular formula is C12H23N3O3S. The maximum atomic E-state index is 11.3. The van der Waals surface area contributed by atoms with Crippen LogP contribution < -0.4 is 5.32 Å². The molecule has 1 unspecified atom stereocenters. The molecule has 1 aromatic heterocycles. The summed E-state index contributed by atoms with van der Waals surface area (Å²) in [7, 11) is -3.18. The van der Waals surface area contributed by atoms with E-state index >= 15 is 0 Å². The van der Waals surface area contributed by atoms with E-state index in [0.717, 1.165) is 25.6 Å². The van der Waals surface area contributed by atoms with Crippen LogP contribution in [0.3, 0.4) is 0 Å². The minimum Gasteiger partial charge on any atom is -0.392 e. The summed E-state index contributed by atoms with van der Waals surface area (Å²) in [6, 6.07) is 0. The fourth-order valence-electron chi connectivity index (χ4n) is 1.69. The Kier molecular flexibility index (Phi) is 6.47. The number of nitrogens with zero attached hydrogens (tertiary/aromatic N) is 2. The Hall–Kier alpha value is -0.920. The predicted molar refractivity (Wildman–Crippen MR) is 73.7 cm³/mol. The number of aryl methyl sites for hydroxylation is 1. The summed E-state index contributed by atoms with van der Waals surface area (Å²) in [6.45, 7) is 4.20. The van der Waals surface area contributed by atoms with Gasteiger partial charge in [-0.25, -0.2) is 8.42 Å². The van der Waals surface area contributed by atoms with Crippen molar-refractivity contribution >= 4 is 9.84 Å². The van der Waals surface area contributed by atoms with E-state index in [2.05, 4.69) is 17.3 Å². The standard InChI is InChI=1S/C12H23N3O3S/c1-3-6-13-8-11(16)5-4-7-15-10-12(9-14-15)19(2,17)18/h9-11,13,16H,3-8H2,1-2H3. The average Bonchev–Trinajstić information content (AvgIpc) is 2.78. The third-order valence-electron chi connectivity index (χ3n) is 2.77. The molecule has 19 heavy (non-hydrogen) atoms. The average molecular weight is 289 g/mol. The molecule has 0 fully saturated rings. The first kappa shape index (κ1) is 16.1. The van der Waals surface area contributed by atoms with Gasteiger partial charge < -0.3 is 10.4 Å². The Balaban J connectivity index is 2.28. The van der Waals surface area contributed by atoms with Crippen molar-refractivity contribution in [3.63, 3.8) is 0 Å². The van der Waals surface area contributed by atoms with Gasteiger partial charge in [-0.15, -0.1) is 0 Å². The maximum Gasteiger partial charge on any atom is 0.178 e. The third kappa shape index (κ3) is 6.17. The topological polar surface area (TPSA) is 84.2 Å². The lowest BCUT2D eigenvalue weighted by Gasteiger charge is -2.11. The number of hydrogen-bond donors (Lipinski definition) is 2. The van der Waals surface area contributed by atoms with Crippen molar-refractivity contribution in [1.82, 2.24) is 15.1 Å². The second-order valence-electron chi connectivity index (χ2n) is 4.71. The first-order valence-corrected chi connectivity index (χ1v) is 8.44. The largest absolute Gasteiger partial charge is 0.392 e. The zero-order valence-electron chi connectivity index (χ0n) is 11.5. The highest BCUT2D eigenvalue weighted by Crippen LogP contribution is 2.07. The number of sulfone groups is 1. The summed E-state index contributed by atoms with van der Waals surface area (Å²) >= 11 is 0. The van der Waals surface area contributed by atoms with E-state index in [-0.39, 0.29) is 11.0 Å². The van der Waals surface area contributed by atoms with Gasteiger partial charge in [0, 0.05) is 25.5 Å². The SMILES string of the molecule is CCCNCC(O)CCCn1cc(S(C)(=O)=O)cn1. The highest BCUT2D eigenvalue weighted by Gasteiger charge is 2.10. The molecule has 0 saturated carbocycles. The molecular weight excluding hydrogens is 266 g/mol. The maximum absolute atomic E-state index is 11.3. The Morgan fingerprint density at radius 1 is 1.53 bits per heavy atom. The molecule has 1 atom stereocenters. The van der Waals surface area contributed by atoms with E-state index in [9.17, 15) is 13.5 Å². The van der Waals surface area contributed by atoms with Gasteiger partial charge >= 0.3 is 0 Å². The van der Waals surface area contributed by atoms with Crippen LogP contribution in [0.5, 0.6) is 0 Å². The van der Waals surface area contributed by atoms with Crippen LogP contribution in [0, 0.1) is 0 Å². The van der Waals surface area contributed by atoms with Crippen molar-refractivity contribution in [2.24, 2.45) is 0 Å². The number of nitrogens with one attached hydrogen (secondary N) is 1. The molecule has 0 amide bonds. The van der Waals surface area contributed by atoms with Crippen molar-refractivity contribution in [2.75, 3.05) is 19.3 Å². The highest BCUT2D eigenvalue weighted by molar-refractivity contribution is 7.90. The van der Waals surface area contributed by atoms with Gasteiger partial charge in [0.15, 0.2) is 9.84 Å². The molecule has 2 N–H and O–H groups in total. The molecule has 0 aliphatic rings. The normalized spacial score (nSPS) is 13.6. The molecule has 7 heteroatoms. The summed E-state index contributed by atoms with van der Waals surface area (Å²) in [5.41, 5.74) is 0. The Labute approximate surface area is 114 Å². The van der Waals surface area contributed by atoms with Crippen LogP contribution >= 0.6 is 0 Å². The zero-order valence-corrected chi connectivity index (χ0v) is 12.4. The van der Waals surface area contributed by atoms with Crippen molar-refractivity contribution in [2.45, 2.75) is 43.7 Å². The van der Waals surface area contributed by atoms with Crippen molar-refractivity contribution in [3.05, 3.63) is 12.4 Å². The van der Waals surface area contributed by atoms with Crippen molar-refractivity contribution in [1.29, 1.82) is 0 Å². The quantitative estimate of drug-likeness (QED) is 0.644. The van der Waals surface area contributed by atoms with E-state index in [1.807, 2.05) is 0 Å². The van der Waals surface area contributed by atoms with Gasteiger partial charge in [0.2, 0.25) is 0 Å². The number of aromatic nitrogens is 2. The predicted octanol–water partition coefficient (Wildman–Crippen LogP) is 0.427. The van der Waals surface area contributed by atoms with E-state index in [0.29, 0.717) is 19.5 Å². The van der Waals surface area contributed by atoms with Gasteiger partial charge in [-0.2, -0.15) is 5.10 Å². The second kappa shape index (κ2) is 7.62. The lowest BCUT2D eigenvalue weighted by atomic mass is 10.2. The highest BCUT2D eigenvalue weighted by atomic mass is 32.2. The Morgan fingerprint density at radius 3 is 2.84 bits per heavy atom. The molecule has 0 bridgehead atoms. The molecule has 0 aliphatic carbocycles. The molecule has 110 valence electrons. The van der Waals surface area contributed by atoms with Gasteiger partial charge in [-0.3, -0.25) is 4.68 Å². The number of aliphatic hydroxyl groups is 1. The fourth-order valence-corrected chi connectivity index (χ4v) is 2.25. The molecule has 1 rings (SSSR count). The summed E-state index contributed by atoms with van der Waals surface area (Å²) in [5.74, 6) is 0. The second-order valence-corrected chi connectivity index (χ2v) is 6.73. The van der Waals surface area contributed by atoms with Crippen molar-refractivity contribution < 1.29 is 13.5 Å². The lowest BCUT2D eigenvalue weighted by Crippen LogP contribution is -2.27. The molecule has 1 aromatic rings. The van der Waals surface area contributed by atoms with Crippen LogP contribution in [-0.4, -0.2) is 48.8 Å². The smallest absolute Gasteiger partial charge is 0.178 e. The monoisotopic (exact) mass is 289 g/mol. The van der Waals surface area contributed by atoms with Crippen LogP contribution in [0.15, 0.2) is 17.3 Å². The summed E-state index contributed by atoms with van der Waals surface area (Å²) in [6.07, 6.45) is 6.17. The summed E-state index contributed by atoms with van der Waals surface area (Å²) in [4.78, 5) is 0.234. The van der Waals surface area contributed by atoms with Gasteiger partial charge in [-0.05, 0) is 25.8 Å². The van der Waals surface area contributed by atoms with E-state index in [4.69, 9.17) is 0 Å². The number of hydrogen-bond acceptors (Lipinski definition) is 5. The summed E-state index contributed by atoms with van der Waals surface area (Å²) in [5, 5.41) is 16.9. The molecule has 0 spiro atoms. The molecule has 0 saturated heterocycles. The molecule has 1 heterocycles. The summed E-state index contributed by atoms with van der Waals surface area (Å²) < 4.78 is 24.1. The van der Waals surface area contributed by atoms with E-state index in [1.54, 1.807) is 4.68 Å². The van der Waals surface area contributed by atoms with Crippen LogP contribution in [-0.2, 0) is 16.4 Å². The van der Waals surface area contributed by atoms with Gasteiger partial charge in [0.25, 0.3) is 0 Å². The lowest BCUT2D eigenvalue weighted by molar-refractivity contribution is 0.157. The first-order chi connectivity index (χ1) is 8.93. The Bertz CT molecular complexity index is 470. The van der Waals surface area contributed by atoms with E-state index in [1.165, 1.54) is 12.4 Å². The van der Waals surface area contributed by atoms with Gasteiger partial charge in [-0.1, -0.05) is 6.92 Å². The molecule has 0 aromatic carbocycles. The minimum atomic E-state index is -3.18. The Morgan fingerprint density at radius 2 is 2.26 bits per heavy atom. The molecule has 0 radical (unpaired) electrons. The molecule has 6 nitrogen and oxygen atoms in total. The van der Waals surface area contributed by atoms with Crippen LogP contribution in [0.2, 0.25) is 0 Å². The molecule has 0 aliphatic heterocycles. The number of aliphatic hydroxyl groups excluding tert-OH is 1. The number of rotatable bonds is 9. The van der Waals surface area contributed by atoms with Gasteiger partial charge in [0.1, 0.15) is 4.90 Å². The third-order valence-corrected chi connectivity index (χ3v) is 3.84. The fraction of sp³-hybridized carbons (Fsp3) is 0.750. The zero-order chi connectivity index (χ0) is 14.3. The van der Waals surface area contributed by atoms with Crippen LogP contribution in [0.25, 0.3) is 0 Å². The van der Waals surface area contributed by atoms with Crippen LogP contribution in [0.1, 0.15) is 26.2 Å². The van der Waals surface area contributed by atoms with E-state index < -0.39 is 9.84 Å². The van der Waals surface area contributed by atoms with Crippen LogP contribution in [0.4, 0.5) is 0 Å². The minimum absolute atomic E-state index is 0.234. The first-order valence-electron chi connectivity index (χ1n) is 6.54. The van der Waals surface area contributed by atoms with Gasteiger partial charge in [0.05, 0.1) is 12.3 Å².